The Hall–Kier alpha value is -2.69. The van der Waals surface area contributed by atoms with Gasteiger partial charge >= 0.3 is 6.03 Å². The van der Waals surface area contributed by atoms with Gasteiger partial charge in [-0.1, -0.05) is 24.3 Å². The SMILES string of the molecule is COc1ccc(CCNC(=O)NC2(c3ccc(OC)cc3)CC2)cc1. The number of rotatable bonds is 7. The lowest BCUT2D eigenvalue weighted by Crippen LogP contribution is -2.42. The van der Waals surface area contributed by atoms with Gasteiger partial charge in [0.05, 0.1) is 19.8 Å². The van der Waals surface area contributed by atoms with Gasteiger partial charge in [0.1, 0.15) is 11.5 Å². The molecule has 0 bridgehead atoms. The average Bonchev–Trinajstić information content (AvgIpc) is 3.43. The van der Waals surface area contributed by atoms with Crippen LogP contribution in [0.4, 0.5) is 4.79 Å². The minimum absolute atomic E-state index is 0.123. The van der Waals surface area contributed by atoms with Crippen LogP contribution in [-0.2, 0) is 12.0 Å². The Bertz CT molecular complexity index is 707. The normalized spacial score (nSPS) is 14.5. The predicted molar refractivity (Wildman–Crippen MR) is 97.1 cm³/mol. The van der Waals surface area contributed by atoms with Gasteiger partial charge in [-0.05, 0) is 54.7 Å². The molecule has 5 nitrogen and oxygen atoms in total. The zero-order valence-corrected chi connectivity index (χ0v) is 14.7. The van der Waals surface area contributed by atoms with Gasteiger partial charge in [-0.3, -0.25) is 0 Å². The maximum Gasteiger partial charge on any atom is 0.315 e. The fourth-order valence-electron chi connectivity index (χ4n) is 2.89. The maximum absolute atomic E-state index is 12.2. The van der Waals surface area contributed by atoms with Crippen LogP contribution in [0.25, 0.3) is 0 Å². The molecular weight excluding hydrogens is 316 g/mol. The second-order valence-electron chi connectivity index (χ2n) is 6.29. The van der Waals surface area contributed by atoms with Gasteiger partial charge in [0, 0.05) is 6.54 Å². The molecule has 2 N–H and O–H groups in total. The van der Waals surface area contributed by atoms with Crippen LogP contribution in [0, 0.1) is 0 Å². The smallest absolute Gasteiger partial charge is 0.315 e. The van der Waals surface area contributed by atoms with Crippen molar-refractivity contribution in [2.24, 2.45) is 0 Å². The summed E-state index contributed by atoms with van der Waals surface area (Å²) >= 11 is 0. The van der Waals surface area contributed by atoms with E-state index in [0.717, 1.165) is 41.9 Å². The number of amides is 2. The van der Waals surface area contributed by atoms with Crippen LogP contribution in [0.5, 0.6) is 11.5 Å². The largest absolute Gasteiger partial charge is 0.497 e. The second kappa shape index (κ2) is 7.47. The Labute approximate surface area is 148 Å². The average molecular weight is 340 g/mol. The third-order valence-corrected chi connectivity index (χ3v) is 4.60. The Morgan fingerprint density at radius 1 is 0.960 bits per heavy atom. The zero-order chi connectivity index (χ0) is 17.7. The van der Waals surface area contributed by atoms with Crippen molar-refractivity contribution >= 4 is 6.03 Å². The van der Waals surface area contributed by atoms with Crippen LogP contribution < -0.4 is 20.1 Å². The summed E-state index contributed by atoms with van der Waals surface area (Å²) in [6.07, 6.45) is 2.71. The lowest BCUT2D eigenvalue weighted by atomic mass is 10.1. The molecule has 1 aliphatic rings. The van der Waals surface area contributed by atoms with Gasteiger partial charge in [-0.15, -0.1) is 0 Å². The van der Waals surface area contributed by atoms with E-state index in [1.165, 1.54) is 0 Å². The summed E-state index contributed by atoms with van der Waals surface area (Å²) in [5.74, 6) is 1.66. The predicted octanol–water partition coefficient (Wildman–Crippen LogP) is 3.23. The van der Waals surface area contributed by atoms with Crippen LogP contribution in [0.3, 0.4) is 0 Å². The summed E-state index contributed by atoms with van der Waals surface area (Å²) in [7, 11) is 3.30. The molecule has 2 aromatic carbocycles. The van der Waals surface area contributed by atoms with E-state index in [9.17, 15) is 4.79 Å². The van der Waals surface area contributed by atoms with Crippen LogP contribution >= 0.6 is 0 Å². The number of urea groups is 1. The standard InChI is InChI=1S/C20H24N2O3/c1-24-17-7-3-15(4-8-17)11-14-21-19(23)22-20(12-13-20)16-5-9-18(25-2)10-6-16/h3-10H,11-14H2,1-2H3,(H2,21,22,23). The van der Waals surface area contributed by atoms with Crippen LogP contribution in [-0.4, -0.2) is 26.8 Å². The van der Waals surface area contributed by atoms with Crippen molar-refractivity contribution in [1.82, 2.24) is 10.6 Å². The number of nitrogens with one attached hydrogen (secondary N) is 2. The molecule has 0 spiro atoms. The molecule has 0 aliphatic heterocycles. The number of carbonyl (C=O) groups excluding carboxylic acids is 1. The molecule has 2 amide bonds. The first-order valence-electron chi connectivity index (χ1n) is 8.49. The monoisotopic (exact) mass is 340 g/mol. The minimum atomic E-state index is -0.226. The van der Waals surface area contributed by atoms with E-state index in [1.54, 1.807) is 14.2 Å². The van der Waals surface area contributed by atoms with Gasteiger partial charge in [0.15, 0.2) is 0 Å². The molecule has 0 aromatic heterocycles. The second-order valence-corrected chi connectivity index (χ2v) is 6.29. The number of carbonyl (C=O) groups is 1. The minimum Gasteiger partial charge on any atom is -0.497 e. The zero-order valence-electron chi connectivity index (χ0n) is 14.7. The molecule has 1 fully saturated rings. The maximum atomic E-state index is 12.2. The first-order chi connectivity index (χ1) is 12.1. The van der Waals surface area contributed by atoms with E-state index >= 15 is 0 Å². The summed E-state index contributed by atoms with van der Waals surface area (Å²) in [4.78, 5) is 12.2. The van der Waals surface area contributed by atoms with Gasteiger partial charge in [-0.25, -0.2) is 4.79 Å². The first kappa shape index (κ1) is 17.1. The Balaban J connectivity index is 1.48. The highest BCUT2D eigenvalue weighted by Gasteiger charge is 2.45. The molecule has 3 rings (SSSR count). The molecule has 0 unspecified atom stereocenters. The highest BCUT2D eigenvalue weighted by Crippen LogP contribution is 2.45. The van der Waals surface area contributed by atoms with Crippen LogP contribution in [0.2, 0.25) is 0 Å². The molecule has 25 heavy (non-hydrogen) atoms. The fraction of sp³-hybridized carbons (Fsp3) is 0.350. The van der Waals surface area contributed by atoms with Gasteiger partial charge in [0.25, 0.3) is 0 Å². The van der Waals surface area contributed by atoms with E-state index in [2.05, 4.69) is 10.6 Å². The fourth-order valence-corrected chi connectivity index (χ4v) is 2.89. The molecule has 0 heterocycles. The summed E-state index contributed by atoms with van der Waals surface area (Å²) in [5, 5.41) is 6.06. The van der Waals surface area contributed by atoms with Crippen molar-refractivity contribution in [3.8, 4) is 11.5 Å². The molecule has 0 radical (unpaired) electrons. The summed E-state index contributed by atoms with van der Waals surface area (Å²) in [5.41, 5.74) is 2.06. The Morgan fingerprint density at radius 2 is 1.52 bits per heavy atom. The molecule has 1 aliphatic carbocycles. The van der Waals surface area contributed by atoms with Crippen molar-refractivity contribution in [2.75, 3.05) is 20.8 Å². The summed E-state index contributed by atoms with van der Waals surface area (Å²) in [6, 6.07) is 15.7. The molecule has 0 atom stereocenters. The highest BCUT2D eigenvalue weighted by molar-refractivity contribution is 5.75. The van der Waals surface area contributed by atoms with Crippen LogP contribution in [0.15, 0.2) is 48.5 Å². The van der Waals surface area contributed by atoms with Crippen LogP contribution in [0.1, 0.15) is 24.0 Å². The number of hydrogen-bond acceptors (Lipinski definition) is 3. The van der Waals surface area contributed by atoms with Crippen molar-refractivity contribution < 1.29 is 14.3 Å². The summed E-state index contributed by atoms with van der Waals surface area (Å²) < 4.78 is 10.3. The van der Waals surface area contributed by atoms with E-state index < -0.39 is 0 Å². The van der Waals surface area contributed by atoms with Gasteiger partial charge in [0.2, 0.25) is 0 Å². The third-order valence-electron chi connectivity index (χ3n) is 4.60. The quantitative estimate of drug-likeness (QED) is 0.813. The molecule has 1 saturated carbocycles. The van der Waals surface area contributed by atoms with E-state index in [4.69, 9.17) is 9.47 Å². The van der Waals surface area contributed by atoms with Gasteiger partial charge < -0.3 is 20.1 Å². The van der Waals surface area contributed by atoms with E-state index in [0.29, 0.717) is 6.54 Å². The third kappa shape index (κ3) is 4.24. The Kier molecular flexibility index (Phi) is 5.12. The molecule has 0 saturated heterocycles. The first-order valence-corrected chi connectivity index (χ1v) is 8.49. The van der Waals surface area contributed by atoms with Crippen molar-refractivity contribution in [1.29, 1.82) is 0 Å². The Morgan fingerprint density at radius 3 is 2.04 bits per heavy atom. The lowest BCUT2D eigenvalue weighted by Gasteiger charge is -2.19. The van der Waals surface area contributed by atoms with Crippen molar-refractivity contribution in [3.63, 3.8) is 0 Å². The van der Waals surface area contributed by atoms with E-state index in [1.807, 2.05) is 48.5 Å². The molecule has 5 heteroatoms. The van der Waals surface area contributed by atoms with Gasteiger partial charge in [-0.2, -0.15) is 0 Å². The molecule has 132 valence electrons. The number of benzene rings is 2. The van der Waals surface area contributed by atoms with E-state index in [-0.39, 0.29) is 11.6 Å². The lowest BCUT2D eigenvalue weighted by molar-refractivity contribution is 0.236. The molecular formula is C20H24N2O3. The summed E-state index contributed by atoms with van der Waals surface area (Å²) in [6.45, 7) is 0.594. The van der Waals surface area contributed by atoms with Crippen molar-refractivity contribution in [2.45, 2.75) is 24.8 Å². The number of hydrogen-bond donors (Lipinski definition) is 2. The molecule has 2 aromatic rings. The topological polar surface area (TPSA) is 59.6 Å². The van der Waals surface area contributed by atoms with Crippen molar-refractivity contribution in [3.05, 3.63) is 59.7 Å². The number of ether oxygens (including phenoxy) is 2. The number of methoxy groups -OCH3 is 2. The highest BCUT2D eigenvalue weighted by atomic mass is 16.5.